The van der Waals surface area contributed by atoms with Crippen LogP contribution in [-0.4, -0.2) is 20.3 Å². The van der Waals surface area contributed by atoms with Gasteiger partial charge in [-0.2, -0.15) is 0 Å². The summed E-state index contributed by atoms with van der Waals surface area (Å²) in [5, 5.41) is 4.83. The molecule has 2 aliphatic heterocycles. The van der Waals surface area contributed by atoms with E-state index >= 15 is 0 Å². The first-order valence-corrected chi connectivity index (χ1v) is 7.20. The lowest BCUT2D eigenvalue weighted by atomic mass is 10.0. The number of benzene rings is 2. The van der Waals surface area contributed by atoms with Gasteiger partial charge in [0.1, 0.15) is 6.67 Å². The molecule has 2 aliphatic rings. The van der Waals surface area contributed by atoms with Crippen LogP contribution in [-0.2, 0) is 0 Å². The minimum atomic E-state index is 0.587. The molecule has 3 nitrogen and oxygen atoms in total. The predicted octanol–water partition coefficient (Wildman–Crippen LogP) is 3.44. The summed E-state index contributed by atoms with van der Waals surface area (Å²) in [6, 6.07) is 17.4. The first-order valence-electron chi connectivity index (χ1n) is 7.20. The van der Waals surface area contributed by atoms with Crippen molar-refractivity contribution in [3.05, 3.63) is 54.1 Å². The van der Waals surface area contributed by atoms with E-state index in [0.29, 0.717) is 5.92 Å². The van der Waals surface area contributed by atoms with Crippen LogP contribution in [0.3, 0.4) is 0 Å². The fraction of sp³-hybridized carbons (Fsp3) is 0.294. The summed E-state index contributed by atoms with van der Waals surface area (Å²) in [6.45, 7) is 4.28. The molecular formula is C17H19N3. The molecule has 0 amide bonds. The molecule has 0 aromatic heterocycles. The van der Waals surface area contributed by atoms with Gasteiger partial charge in [-0.15, -0.1) is 0 Å². The Kier molecular flexibility index (Phi) is 2.43. The topological polar surface area (TPSA) is 9.72 Å². The molecule has 0 N–H and O–H groups in total. The highest BCUT2D eigenvalue weighted by Gasteiger charge is 2.34. The minimum absolute atomic E-state index is 0.587. The Labute approximate surface area is 120 Å². The largest absolute Gasteiger partial charge is 0.354 e. The molecule has 1 atom stereocenters. The van der Waals surface area contributed by atoms with Gasteiger partial charge in [0.05, 0.1) is 17.1 Å². The zero-order chi connectivity index (χ0) is 13.7. The van der Waals surface area contributed by atoms with Gasteiger partial charge in [-0.3, -0.25) is 10.0 Å². The first kappa shape index (κ1) is 11.6. The molecule has 0 spiro atoms. The third-order valence-corrected chi connectivity index (χ3v) is 4.40. The van der Waals surface area contributed by atoms with Crippen LogP contribution in [0.5, 0.6) is 0 Å². The standard InChI is InChI=1S/C17H19N3/c1-13-11-19(15-8-4-3-7-14(13)15)20-12-18(2)16-9-5-6-10-17(16)20/h3-10,13H,11-12H2,1-2H3. The molecule has 0 saturated heterocycles. The van der Waals surface area contributed by atoms with Crippen molar-refractivity contribution >= 4 is 17.1 Å². The maximum atomic E-state index is 2.43. The van der Waals surface area contributed by atoms with Gasteiger partial charge in [-0.05, 0) is 23.8 Å². The van der Waals surface area contributed by atoms with E-state index in [1.807, 2.05) is 0 Å². The smallest absolute Gasteiger partial charge is 0.110 e. The van der Waals surface area contributed by atoms with Gasteiger partial charge < -0.3 is 4.90 Å². The van der Waals surface area contributed by atoms with Crippen molar-refractivity contribution in [1.29, 1.82) is 0 Å². The summed E-state index contributed by atoms with van der Waals surface area (Å²) in [5.41, 5.74) is 5.42. The quantitative estimate of drug-likeness (QED) is 0.782. The van der Waals surface area contributed by atoms with E-state index in [4.69, 9.17) is 0 Å². The number of hydrazine groups is 1. The van der Waals surface area contributed by atoms with E-state index in [2.05, 4.69) is 77.4 Å². The summed E-state index contributed by atoms with van der Waals surface area (Å²) in [4.78, 5) is 2.31. The number of hydrogen-bond acceptors (Lipinski definition) is 3. The molecule has 0 radical (unpaired) electrons. The summed E-state index contributed by atoms with van der Waals surface area (Å²) in [6.07, 6.45) is 0. The van der Waals surface area contributed by atoms with Crippen molar-refractivity contribution in [2.75, 3.05) is 35.2 Å². The molecule has 0 saturated carbocycles. The van der Waals surface area contributed by atoms with Crippen LogP contribution < -0.4 is 14.9 Å². The molecule has 0 fully saturated rings. The maximum absolute atomic E-state index is 2.43. The van der Waals surface area contributed by atoms with E-state index in [-0.39, 0.29) is 0 Å². The van der Waals surface area contributed by atoms with Crippen molar-refractivity contribution in [2.45, 2.75) is 12.8 Å². The molecule has 102 valence electrons. The van der Waals surface area contributed by atoms with Crippen LogP contribution in [0, 0.1) is 0 Å². The van der Waals surface area contributed by atoms with Crippen molar-refractivity contribution in [3.8, 4) is 0 Å². The Morgan fingerprint density at radius 1 is 0.850 bits per heavy atom. The second-order valence-electron chi connectivity index (χ2n) is 5.77. The van der Waals surface area contributed by atoms with Crippen LogP contribution in [0.25, 0.3) is 0 Å². The number of para-hydroxylation sites is 3. The van der Waals surface area contributed by atoms with Gasteiger partial charge >= 0.3 is 0 Å². The third-order valence-electron chi connectivity index (χ3n) is 4.40. The summed E-state index contributed by atoms with van der Waals surface area (Å²) >= 11 is 0. The molecule has 0 bridgehead atoms. The normalized spacial score (nSPS) is 20.3. The summed E-state index contributed by atoms with van der Waals surface area (Å²) in [7, 11) is 2.16. The molecule has 20 heavy (non-hydrogen) atoms. The Morgan fingerprint density at radius 3 is 2.30 bits per heavy atom. The van der Waals surface area contributed by atoms with Crippen molar-refractivity contribution in [2.24, 2.45) is 0 Å². The first-order chi connectivity index (χ1) is 9.75. The van der Waals surface area contributed by atoms with Gasteiger partial charge in [0.2, 0.25) is 0 Å². The van der Waals surface area contributed by atoms with Crippen molar-refractivity contribution < 1.29 is 0 Å². The molecule has 2 aromatic rings. The monoisotopic (exact) mass is 265 g/mol. The lowest BCUT2D eigenvalue weighted by Gasteiger charge is -2.32. The van der Waals surface area contributed by atoms with E-state index in [9.17, 15) is 0 Å². The lowest BCUT2D eigenvalue weighted by molar-refractivity contribution is 0.705. The molecule has 3 heteroatoms. The van der Waals surface area contributed by atoms with Crippen LogP contribution in [0.15, 0.2) is 48.5 Å². The Hall–Kier alpha value is -2.16. The fourth-order valence-corrected chi connectivity index (χ4v) is 3.39. The number of hydrogen-bond donors (Lipinski definition) is 0. The average Bonchev–Trinajstić information content (AvgIpc) is 2.99. The van der Waals surface area contributed by atoms with Crippen LogP contribution >= 0.6 is 0 Å². The number of anilines is 3. The molecule has 0 aliphatic carbocycles. The van der Waals surface area contributed by atoms with Gasteiger partial charge in [-0.1, -0.05) is 37.3 Å². The van der Waals surface area contributed by atoms with Crippen molar-refractivity contribution in [1.82, 2.24) is 0 Å². The molecule has 4 rings (SSSR count). The van der Waals surface area contributed by atoms with Gasteiger partial charge in [-0.25, -0.2) is 0 Å². The SMILES string of the molecule is CC1CN(N2CN(C)c3ccccc32)c2ccccc21. The Bertz CT molecular complexity index is 595. The van der Waals surface area contributed by atoms with E-state index in [0.717, 1.165) is 13.2 Å². The maximum Gasteiger partial charge on any atom is 0.110 e. The van der Waals surface area contributed by atoms with Crippen LogP contribution in [0.1, 0.15) is 18.4 Å². The Morgan fingerprint density at radius 2 is 1.50 bits per heavy atom. The van der Waals surface area contributed by atoms with Gasteiger partial charge in [0.25, 0.3) is 0 Å². The highest BCUT2D eigenvalue weighted by molar-refractivity contribution is 5.79. The second-order valence-corrected chi connectivity index (χ2v) is 5.77. The van der Waals surface area contributed by atoms with E-state index in [1.54, 1.807) is 0 Å². The van der Waals surface area contributed by atoms with E-state index in [1.165, 1.54) is 22.6 Å². The zero-order valence-electron chi connectivity index (χ0n) is 12.0. The van der Waals surface area contributed by atoms with Crippen LogP contribution in [0.4, 0.5) is 17.1 Å². The second kappa shape index (κ2) is 4.17. The number of rotatable bonds is 1. The predicted molar refractivity (Wildman–Crippen MR) is 84.4 cm³/mol. The fourth-order valence-electron chi connectivity index (χ4n) is 3.39. The molecule has 1 unspecified atom stereocenters. The average molecular weight is 265 g/mol. The molecule has 2 aromatic carbocycles. The Balaban J connectivity index is 1.78. The molecular weight excluding hydrogens is 246 g/mol. The number of nitrogens with zero attached hydrogens (tertiary/aromatic N) is 3. The summed E-state index contributed by atoms with van der Waals surface area (Å²) < 4.78 is 0. The summed E-state index contributed by atoms with van der Waals surface area (Å²) in [5.74, 6) is 0.587. The lowest BCUT2D eigenvalue weighted by Crippen LogP contribution is -2.43. The highest BCUT2D eigenvalue weighted by atomic mass is 15.7. The zero-order valence-corrected chi connectivity index (χ0v) is 12.0. The van der Waals surface area contributed by atoms with Crippen LogP contribution in [0.2, 0.25) is 0 Å². The third kappa shape index (κ3) is 1.52. The highest BCUT2D eigenvalue weighted by Crippen LogP contribution is 2.42. The van der Waals surface area contributed by atoms with Gasteiger partial charge in [0.15, 0.2) is 0 Å². The van der Waals surface area contributed by atoms with E-state index < -0.39 is 0 Å². The van der Waals surface area contributed by atoms with Gasteiger partial charge in [0, 0.05) is 19.5 Å². The molecule has 2 heterocycles. The number of fused-ring (bicyclic) bond motifs is 2. The minimum Gasteiger partial charge on any atom is -0.354 e. The van der Waals surface area contributed by atoms with Crippen molar-refractivity contribution in [3.63, 3.8) is 0 Å².